The minimum atomic E-state index is -2.64. The highest BCUT2D eigenvalue weighted by Gasteiger charge is 2.14. The Labute approximate surface area is 68.2 Å². The molecule has 0 amide bonds. The zero-order valence-corrected chi connectivity index (χ0v) is 6.42. The topological polar surface area (TPSA) is 30.0 Å². The van der Waals surface area contributed by atoms with Gasteiger partial charge in [0.05, 0.1) is 0 Å². The van der Waals surface area contributed by atoms with Crippen molar-refractivity contribution < 1.29 is 13.6 Å². The number of rotatable bonds is 2. The van der Waals surface area contributed by atoms with E-state index in [1.165, 1.54) is 19.2 Å². The van der Waals surface area contributed by atoms with Crippen LogP contribution in [0.15, 0.2) is 18.5 Å². The summed E-state index contributed by atoms with van der Waals surface area (Å²) in [7, 11) is 0. The van der Waals surface area contributed by atoms with Crippen LogP contribution in [0.5, 0.6) is 0 Å². The third kappa shape index (κ3) is 1.64. The minimum absolute atomic E-state index is 0.0417. The highest BCUT2D eigenvalue weighted by Crippen LogP contribution is 2.21. The summed E-state index contributed by atoms with van der Waals surface area (Å²) in [5.41, 5.74) is -0.259. The van der Waals surface area contributed by atoms with Crippen LogP contribution in [0.4, 0.5) is 8.78 Å². The van der Waals surface area contributed by atoms with Gasteiger partial charge in [0, 0.05) is 23.5 Å². The standard InChI is InChI=1S/C8H7F2NO/c1-5(12)6-2-3-11-4-7(6)8(9)10/h2-4,8H,1H3. The van der Waals surface area contributed by atoms with E-state index in [-0.39, 0.29) is 16.9 Å². The number of halogens is 2. The normalized spacial score (nSPS) is 10.3. The first-order chi connectivity index (χ1) is 5.63. The fraction of sp³-hybridized carbons (Fsp3) is 0.250. The summed E-state index contributed by atoms with van der Waals surface area (Å²) in [4.78, 5) is 14.3. The second-order valence-electron chi connectivity index (χ2n) is 2.32. The first kappa shape index (κ1) is 8.77. The number of carbonyl (C=O) groups excluding carboxylic acids is 1. The molecular weight excluding hydrogens is 164 g/mol. The first-order valence-electron chi connectivity index (χ1n) is 3.36. The molecule has 1 aromatic heterocycles. The van der Waals surface area contributed by atoms with Crippen LogP contribution in [0, 0.1) is 0 Å². The molecule has 0 saturated heterocycles. The monoisotopic (exact) mass is 171 g/mol. The average Bonchev–Trinajstić information content (AvgIpc) is 2.04. The molecule has 0 aromatic carbocycles. The van der Waals surface area contributed by atoms with Gasteiger partial charge in [-0.05, 0) is 13.0 Å². The van der Waals surface area contributed by atoms with Crippen LogP contribution in [0.1, 0.15) is 29.3 Å². The van der Waals surface area contributed by atoms with Crippen molar-refractivity contribution in [3.63, 3.8) is 0 Å². The zero-order valence-electron chi connectivity index (χ0n) is 6.42. The van der Waals surface area contributed by atoms with Crippen LogP contribution < -0.4 is 0 Å². The van der Waals surface area contributed by atoms with Crippen molar-refractivity contribution in [1.29, 1.82) is 0 Å². The molecule has 0 unspecified atom stereocenters. The highest BCUT2D eigenvalue weighted by atomic mass is 19.3. The lowest BCUT2D eigenvalue weighted by Crippen LogP contribution is -2.00. The van der Waals surface area contributed by atoms with Crippen molar-refractivity contribution in [2.45, 2.75) is 13.3 Å². The molecule has 1 heterocycles. The van der Waals surface area contributed by atoms with Gasteiger partial charge in [0.1, 0.15) is 0 Å². The number of carbonyl (C=O) groups is 1. The summed E-state index contributed by atoms with van der Waals surface area (Å²) in [6.07, 6.45) is -0.304. The Morgan fingerprint density at radius 1 is 1.58 bits per heavy atom. The zero-order chi connectivity index (χ0) is 9.14. The van der Waals surface area contributed by atoms with E-state index in [4.69, 9.17) is 0 Å². The van der Waals surface area contributed by atoms with E-state index in [0.29, 0.717) is 0 Å². The fourth-order valence-corrected chi connectivity index (χ4v) is 0.901. The van der Waals surface area contributed by atoms with Gasteiger partial charge >= 0.3 is 0 Å². The lowest BCUT2D eigenvalue weighted by Gasteiger charge is -2.03. The molecule has 0 saturated carbocycles. The second-order valence-corrected chi connectivity index (χ2v) is 2.32. The first-order valence-corrected chi connectivity index (χ1v) is 3.36. The largest absolute Gasteiger partial charge is 0.294 e. The molecule has 2 nitrogen and oxygen atoms in total. The third-order valence-electron chi connectivity index (χ3n) is 1.47. The molecule has 1 aromatic rings. The van der Waals surface area contributed by atoms with Crippen molar-refractivity contribution in [3.8, 4) is 0 Å². The summed E-state index contributed by atoms with van der Waals surface area (Å²) in [5, 5.41) is 0. The van der Waals surface area contributed by atoms with Crippen LogP contribution in [0.25, 0.3) is 0 Å². The number of nitrogens with zero attached hydrogens (tertiary/aromatic N) is 1. The number of alkyl halides is 2. The second kappa shape index (κ2) is 3.38. The molecular formula is C8H7F2NO. The molecule has 0 aliphatic rings. The van der Waals surface area contributed by atoms with Crippen LogP contribution in [-0.4, -0.2) is 10.8 Å². The van der Waals surface area contributed by atoms with Crippen molar-refractivity contribution in [2.24, 2.45) is 0 Å². The predicted octanol–water partition coefficient (Wildman–Crippen LogP) is 2.22. The van der Waals surface area contributed by atoms with Crippen molar-refractivity contribution >= 4 is 5.78 Å². The molecule has 0 fully saturated rings. The van der Waals surface area contributed by atoms with Gasteiger partial charge in [-0.3, -0.25) is 9.78 Å². The lowest BCUT2D eigenvalue weighted by molar-refractivity contribution is 0.0998. The van der Waals surface area contributed by atoms with Gasteiger partial charge in [0.2, 0.25) is 0 Å². The molecule has 0 radical (unpaired) electrons. The summed E-state index contributed by atoms with van der Waals surface area (Å²) in [6, 6.07) is 1.30. The smallest absolute Gasteiger partial charge is 0.266 e. The number of pyridine rings is 1. The maximum Gasteiger partial charge on any atom is 0.266 e. The molecule has 0 spiro atoms. The quantitative estimate of drug-likeness (QED) is 0.638. The SMILES string of the molecule is CC(=O)c1ccncc1C(F)F. The molecule has 64 valence electrons. The highest BCUT2D eigenvalue weighted by molar-refractivity contribution is 5.95. The maximum atomic E-state index is 12.2. The molecule has 0 N–H and O–H groups in total. The van der Waals surface area contributed by atoms with E-state index in [1.807, 2.05) is 0 Å². The number of ketones is 1. The molecule has 0 aliphatic carbocycles. The summed E-state index contributed by atoms with van der Waals surface area (Å²) < 4.78 is 24.4. The van der Waals surface area contributed by atoms with E-state index >= 15 is 0 Å². The van der Waals surface area contributed by atoms with Gasteiger partial charge in [-0.15, -0.1) is 0 Å². The Hall–Kier alpha value is -1.32. The van der Waals surface area contributed by atoms with Gasteiger partial charge in [0.25, 0.3) is 6.43 Å². The van der Waals surface area contributed by atoms with E-state index in [0.717, 1.165) is 6.20 Å². The molecule has 4 heteroatoms. The summed E-state index contributed by atoms with van der Waals surface area (Å²) >= 11 is 0. The van der Waals surface area contributed by atoms with Crippen molar-refractivity contribution in [1.82, 2.24) is 4.98 Å². The van der Waals surface area contributed by atoms with Crippen LogP contribution >= 0.6 is 0 Å². The Morgan fingerprint density at radius 2 is 2.25 bits per heavy atom. The van der Waals surface area contributed by atoms with Gasteiger partial charge < -0.3 is 0 Å². The van der Waals surface area contributed by atoms with Gasteiger partial charge in [0.15, 0.2) is 5.78 Å². The van der Waals surface area contributed by atoms with E-state index in [2.05, 4.69) is 4.98 Å². The molecule has 0 bridgehead atoms. The van der Waals surface area contributed by atoms with E-state index < -0.39 is 6.43 Å². The van der Waals surface area contributed by atoms with Crippen molar-refractivity contribution in [3.05, 3.63) is 29.6 Å². The van der Waals surface area contributed by atoms with Crippen LogP contribution in [0.3, 0.4) is 0 Å². The Bertz CT molecular complexity index is 299. The van der Waals surface area contributed by atoms with Gasteiger partial charge in [-0.2, -0.15) is 0 Å². The molecule has 12 heavy (non-hydrogen) atoms. The number of Topliss-reactive ketones (excluding diaryl/α,β-unsaturated/α-hetero) is 1. The Balaban J connectivity index is 3.17. The molecule has 0 atom stereocenters. The fourth-order valence-electron chi connectivity index (χ4n) is 0.901. The van der Waals surface area contributed by atoms with Crippen LogP contribution in [0.2, 0.25) is 0 Å². The molecule has 0 aliphatic heterocycles. The summed E-state index contributed by atoms with van der Waals surface area (Å²) in [5.74, 6) is -0.368. The maximum absolute atomic E-state index is 12.2. The average molecular weight is 171 g/mol. The third-order valence-corrected chi connectivity index (χ3v) is 1.47. The number of aromatic nitrogens is 1. The van der Waals surface area contributed by atoms with Crippen molar-refractivity contribution in [2.75, 3.05) is 0 Å². The Kier molecular flexibility index (Phi) is 2.47. The number of hydrogen-bond acceptors (Lipinski definition) is 2. The Morgan fingerprint density at radius 3 is 2.67 bits per heavy atom. The lowest BCUT2D eigenvalue weighted by atomic mass is 10.1. The van der Waals surface area contributed by atoms with E-state index in [9.17, 15) is 13.6 Å². The van der Waals surface area contributed by atoms with Gasteiger partial charge in [-0.1, -0.05) is 0 Å². The van der Waals surface area contributed by atoms with Gasteiger partial charge in [-0.25, -0.2) is 8.78 Å². The van der Waals surface area contributed by atoms with Crippen LogP contribution in [-0.2, 0) is 0 Å². The number of hydrogen-bond donors (Lipinski definition) is 0. The predicted molar refractivity (Wildman–Crippen MR) is 39.2 cm³/mol. The minimum Gasteiger partial charge on any atom is -0.294 e. The van der Waals surface area contributed by atoms with E-state index in [1.54, 1.807) is 0 Å². The summed E-state index contributed by atoms with van der Waals surface area (Å²) in [6.45, 7) is 1.25. The molecule has 1 rings (SSSR count).